The molecule has 0 aliphatic rings. The van der Waals surface area contributed by atoms with Crippen LogP contribution >= 0.6 is 11.8 Å². The molecule has 0 aliphatic carbocycles. The van der Waals surface area contributed by atoms with E-state index in [0.717, 1.165) is 11.7 Å². The van der Waals surface area contributed by atoms with E-state index in [4.69, 9.17) is 4.43 Å². The van der Waals surface area contributed by atoms with Gasteiger partial charge in [0.05, 0.1) is 5.94 Å². The van der Waals surface area contributed by atoms with Crippen LogP contribution < -0.4 is 0 Å². The minimum atomic E-state index is -1.46. The van der Waals surface area contributed by atoms with Crippen molar-refractivity contribution in [3.8, 4) is 0 Å². The first-order chi connectivity index (χ1) is 5.31. The number of hydrogen-bond acceptors (Lipinski definition) is 2. The quantitative estimate of drug-likeness (QED) is 0.394. The van der Waals surface area contributed by atoms with Gasteiger partial charge in [-0.3, -0.25) is 0 Å². The molecular weight excluding hydrogens is 184 g/mol. The second-order valence-electron chi connectivity index (χ2n) is 4.52. The van der Waals surface area contributed by atoms with E-state index in [1.54, 1.807) is 0 Å². The van der Waals surface area contributed by atoms with Crippen LogP contribution in [0.4, 0.5) is 0 Å². The average molecular weight is 206 g/mol. The zero-order valence-corrected chi connectivity index (χ0v) is 11.0. The highest BCUT2D eigenvalue weighted by Gasteiger charge is 2.36. The van der Waals surface area contributed by atoms with E-state index in [-0.39, 0.29) is 0 Å². The van der Waals surface area contributed by atoms with Crippen LogP contribution in [0, 0.1) is 0 Å². The van der Waals surface area contributed by atoms with Gasteiger partial charge in [-0.1, -0.05) is 27.7 Å². The van der Waals surface area contributed by atoms with E-state index in [0.29, 0.717) is 5.04 Å². The van der Waals surface area contributed by atoms with Crippen molar-refractivity contribution in [1.82, 2.24) is 0 Å². The van der Waals surface area contributed by atoms with E-state index in [1.807, 2.05) is 11.8 Å². The topological polar surface area (TPSA) is 9.23 Å². The normalized spacial score (nSPS) is 13.5. The summed E-state index contributed by atoms with van der Waals surface area (Å²) >= 11 is 1.86. The number of rotatable bonds is 4. The predicted molar refractivity (Wildman–Crippen MR) is 61.3 cm³/mol. The maximum atomic E-state index is 5.94. The Morgan fingerprint density at radius 3 is 2.08 bits per heavy atom. The fourth-order valence-electron chi connectivity index (χ4n) is 0.489. The van der Waals surface area contributed by atoms with Crippen LogP contribution in [0.15, 0.2) is 0 Å². The maximum absolute atomic E-state index is 5.94. The van der Waals surface area contributed by atoms with Crippen LogP contribution in [0.2, 0.25) is 18.1 Å². The molecule has 0 N–H and O–H groups in total. The summed E-state index contributed by atoms with van der Waals surface area (Å²) in [6.45, 7) is 13.6. The first kappa shape index (κ1) is 12.5. The van der Waals surface area contributed by atoms with Crippen molar-refractivity contribution in [3.05, 3.63) is 0 Å². The van der Waals surface area contributed by atoms with Crippen LogP contribution in [-0.4, -0.2) is 20.0 Å². The molecule has 3 heteroatoms. The first-order valence-electron chi connectivity index (χ1n) is 4.53. The standard InChI is InChI=1S/C9H22OSSi/c1-7-11-8-10-12(5,6)9(2,3)4/h7-8H2,1-6H3. The summed E-state index contributed by atoms with van der Waals surface area (Å²) in [6.07, 6.45) is 0. The second kappa shape index (κ2) is 4.68. The third-order valence-electron chi connectivity index (χ3n) is 2.51. The van der Waals surface area contributed by atoms with Crippen molar-refractivity contribution in [2.45, 2.75) is 45.8 Å². The van der Waals surface area contributed by atoms with E-state index in [1.165, 1.54) is 0 Å². The van der Waals surface area contributed by atoms with E-state index < -0.39 is 8.32 Å². The molecule has 0 amide bonds. The summed E-state index contributed by atoms with van der Waals surface area (Å²) < 4.78 is 5.94. The van der Waals surface area contributed by atoms with Gasteiger partial charge in [-0.15, -0.1) is 11.8 Å². The Morgan fingerprint density at radius 2 is 1.75 bits per heavy atom. The molecular formula is C9H22OSSi. The largest absolute Gasteiger partial charge is 0.408 e. The van der Waals surface area contributed by atoms with Crippen LogP contribution in [0.3, 0.4) is 0 Å². The summed E-state index contributed by atoms with van der Waals surface area (Å²) in [5.41, 5.74) is 0. The molecule has 0 saturated heterocycles. The monoisotopic (exact) mass is 206 g/mol. The molecule has 0 aromatic rings. The lowest BCUT2D eigenvalue weighted by molar-refractivity contribution is 0.354. The number of hydrogen-bond donors (Lipinski definition) is 0. The second-order valence-corrected chi connectivity index (χ2v) is 10.5. The highest BCUT2D eigenvalue weighted by Crippen LogP contribution is 2.36. The van der Waals surface area contributed by atoms with Crippen molar-refractivity contribution in [2.75, 3.05) is 11.7 Å². The maximum Gasteiger partial charge on any atom is 0.193 e. The van der Waals surface area contributed by atoms with Crippen LogP contribution in [-0.2, 0) is 4.43 Å². The van der Waals surface area contributed by atoms with Gasteiger partial charge in [0, 0.05) is 0 Å². The zero-order chi connectivity index (χ0) is 9.83. The Balaban J connectivity index is 3.88. The van der Waals surface area contributed by atoms with E-state index in [2.05, 4.69) is 40.8 Å². The Bertz CT molecular complexity index is 129. The molecule has 0 aromatic carbocycles. The van der Waals surface area contributed by atoms with Gasteiger partial charge in [-0.25, -0.2) is 0 Å². The minimum absolute atomic E-state index is 0.349. The Hall–Kier alpha value is 0.527. The summed E-state index contributed by atoms with van der Waals surface area (Å²) in [6, 6.07) is 0. The summed E-state index contributed by atoms with van der Waals surface area (Å²) in [7, 11) is -1.46. The predicted octanol–water partition coefficient (Wildman–Crippen LogP) is 3.72. The molecule has 1 nitrogen and oxygen atoms in total. The highest BCUT2D eigenvalue weighted by atomic mass is 32.2. The molecule has 0 spiro atoms. The van der Waals surface area contributed by atoms with Crippen LogP contribution in [0.1, 0.15) is 27.7 Å². The molecule has 0 fully saturated rings. The molecule has 0 aliphatic heterocycles. The van der Waals surface area contributed by atoms with Gasteiger partial charge in [0.25, 0.3) is 0 Å². The van der Waals surface area contributed by atoms with Crippen molar-refractivity contribution in [3.63, 3.8) is 0 Å². The molecule has 0 heterocycles. The van der Waals surface area contributed by atoms with E-state index in [9.17, 15) is 0 Å². The molecule has 74 valence electrons. The summed E-state index contributed by atoms with van der Waals surface area (Å²) in [5.74, 6) is 2.02. The smallest absolute Gasteiger partial charge is 0.193 e. The van der Waals surface area contributed by atoms with Gasteiger partial charge in [0.1, 0.15) is 0 Å². The molecule has 0 saturated carbocycles. The molecule has 0 bridgehead atoms. The van der Waals surface area contributed by atoms with Gasteiger partial charge in [0.15, 0.2) is 8.32 Å². The van der Waals surface area contributed by atoms with Crippen molar-refractivity contribution in [2.24, 2.45) is 0 Å². The minimum Gasteiger partial charge on any atom is -0.408 e. The molecule has 0 radical (unpaired) electrons. The van der Waals surface area contributed by atoms with Gasteiger partial charge in [0.2, 0.25) is 0 Å². The lowest BCUT2D eigenvalue weighted by Crippen LogP contribution is -2.40. The number of thioether (sulfide) groups is 1. The molecule has 0 aromatic heterocycles. The lowest BCUT2D eigenvalue weighted by Gasteiger charge is -2.35. The van der Waals surface area contributed by atoms with Crippen molar-refractivity contribution < 1.29 is 4.43 Å². The van der Waals surface area contributed by atoms with Crippen LogP contribution in [0.25, 0.3) is 0 Å². The van der Waals surface area contributed by atoms with E-state index >= 15 is 0 Å². The van der Waals surface area contributed by atoms with Gasteiger partial charge in [-0.05, 0) is 23.9 Å². The van der Waals surface area contributed by atoms with Gasteiger partial charge in [-0.2, -0.15) is 0 Å². The van der Waals surface area contributed by atoms with Gasteiger partial charge < -0.3 is 4.43 Å². The SMILES string of the molecule is CCSCO[Si](C)(C)C(C)(C)C. The van der Waals surface area contributed by atoms with Crippen LogP contribution in [0.5, 0.6) is 0 Å². The first-order valence-corrected chi connectivity index (χ1v) is 8.59. The lowest BCUT2D eigenvalue weighted by atomic mass is 10.2. The van der Waals surface area contributed by atoms with Gasteiger partial charge >= 0.3 is 0 Å². The molecule has 0 rings (SSSR count). The Labute approximate surface area is 82.4 Å². The highest BCUT2D eigenvalue weighted by molar-refractivity contribution is 7.99. The Kier molecular flexibility index (Phi) is 4.88. The third-order valence-corrected chi connectivity index (χ3v) is 7.89. The summed E-state index contributed by atoms with van der Waals surface area (Å²) in [5, 5.41) is 0.349. The van der Waals surface area contributed by atoms with Crippen molar-refractivity contribution >= 4 is 20.1 Å². The zero-order valence-electron chi connectivity index (χ0n) is 9.23. The molecule has 0 unspecified atom stereocenters. The average Bonchev–Trinajstić information content (AvgIpc) is 1.85. The summed E-state index contributed by atoms with van der Waals surface area (Å²) in [4.78, 5) is 0. The Morgan fingerprint density at radius 1 is 1.25 bits per heavy atom. The third kappa shape index (κ3) is 3.96. The van der Waals surface area contributed by atoms with Crippen molar-refractivity contribution in [1.29, 1.82) is 0 Å². The fraction of sp³-hybridized carbons (Fsp3) is 1.00. The molecule has 12 heavy (non-hydrogen) atoms. The molecule has 0 atom stereocenters. The fourth-order valence-corrected chi connectivity index (χ4v) is 2.60.